The van der Waals surface area contributed by atoms with E-state index in [0.717, 1.165) is 17.5 Å². The molecule has 0 spiro atoms. The number of hydrogen-bond donors (Lipinski definition) is 1. The minimum atomic E-state index is -0.912. The van der Waals surface area contributed by atoms with Gasteiger partial charge in [-0.25, -0.2) is 0 Å². The van der Waals surface area contributed by atoms with Crippen LogP contribution in [0, 0.1) is 11.3 Å². The summed E-state index contributed by atoms with van der Waals surface area (Å²) in [7, 11) is 0. The smallest absolute Gasteiger partial charge is 0.113 e. The molecule has 2 aromatic carbocycles. The van der Waals surface area contributed by atoms with E-state index in [2.05, 4.69) is 6.07 Å². The Morgan fingerprint density at radius 1 is 1.15 bits per heavy atom. The van der Waals surface area contributed by atoms with Crippen LogP contribution in [0.15, 0.2) is 48.5 Å². The summed E-state index contributed by atoms with van der Waals surface area (Å²) in [5, 5.41) is 21.0. The highest BCUT2D eigenvalue weighted by molar-refractivity contribution is 6.31. The molecule has 3 rings (SSSR count). The van der Waals surface area contributed by atoms with Crippen LogP contribution in [0.2, 0.25) is 5.02 Å². The van der Waals surface area contributed by atoms with Gasteiger partial charge in [0.05, 0.1) is 6.07 Å². The molecule has 3 heteroatoms. The molecular weight excluding hydrogens is 270 g/mol. The number of nitriles is 1. The highest BCUT2D eigenvalue weighted by atomic mass is 35.5. The zero-order valence-corrected chi connectivity index (χ0v) is 11.6. The lowest BCUT2D eigenvalue weighted by Crippen LogP contribution is -2.30. The largest absolute Gasteiger partial charge is 0.386 e. The molecular formula is C17H14ClNO. The van der Waals surface area contributed by atoms with Crippen molar-refractivity contribution in [2.75, 3.05) is 0 Å². The van der Waals surface area contributed by atoms with Crippen molar-refractivity contribution in [2.24, 2.45) is 0 Å². The molecule has 0 bridgehead atoms. The summed E-state index contributed by atoms with van der Waals surface area (Å²) in [4.78, 5) is 0. The molecule has 0 radical (unpaired) electrons. The van der Waals surface area contributed by atoms with Crippen LogP contribution < -0.4 is 0 Å². The van der Waals surface area contributed by atoms with E-state index in [4.69, 9.17) is 11.6 Å². The molecule has 20 heavy (non-hydrogen) atoms. The Hall–Kier alpha value is -1.82. The summed E-state index contributed by atoms with van der Waals surface area (Å²) >= 11 is 6.17. The van der Waals surface area contributed by atoms with Gasteiger partial charge in [-0.15, -0.1) is 0 Å². The van der Waals surface area contributed by atoms with E-state index in [1.54, 1.807) is 12.1 Å². The monoisotopic (exact) mass is 283 g/mol. The van der Waals surface area contributed by atoms with Crippen molar-refractivity contribution in [1.82, 2.24) is 0 Å². The highest BCUT2D eigenvalue weighted by Gasteiger charge is 2.46. The van der Waals surface area contributed by atoms with Crippen molar-refractivity contribution in [3.63, 3.8) is 0 Å². The summed E-state index contributed by atoms with van der Waals surface area (Å²) in [5.41, 5.74) is 1.78. The van der Waals surface area contributed by atoms with Gasteiger partial charge in [-0.05, 0) is 30.0 Å². The Labute approximate surface area is 123 Å². The topological polar surface area (TPSA) is 44.0 Å². The first-order valence-corrected chi connectivity index (χ1v) is 6.99. The first-order chi connectivity index (χ1) is 9.69. The normalized spacial score (nSPS) is 22.1. The number of nitrogens with zero attached hydrogens (tertiary/aromatic N) is 1. The molecule has 2 nitrogen and oxygen atoms in total. The number of halogens is 1. The lowest BCUT2D eigenvalue weighted by atomic mass is 9.75. The van der Waals surface area contributed by atoms with Gasteiger partial charge in [0.2, 0.25) is 0 Å². The molecule has 2 unspecified atom stereocenters. The predicted molar refractivity (Wildman–Crippen MR) is 78.5 cm³/mol. The van der Waals surface area contributed by atoms with Crippen LogP contribution in [0.5, 0.6) is 0 Å². The van der Waals surface area contributed by atoms with Crippen molar-refractivity contribution in [3.05, 3.63) is 70.2 Å². The molecule has 0 fully saturated rings. The quantitative estimate of drug-likeness (QED) is 0.911. The first-order valence-electron chi connectivity index (χ1n) is 6.61. The van der Waals surface area contributed by atoms with E-state index in [1.165, 1.54) is 0 Å². The number of benzene rings is 2. The van der Waals surface area contributed by atoms with Crippen molar-refractivity contribution in [2.45, 2.75) is 24.4 Å². The summed E-state index contributed by atoms with van der Waals surface area (Å²) in [6.45, 7) is 0. The van der Waals surface area contributed by atoms with E-state index in [-0.39, 0.29) is 0 Å². The summed E-state index contributed by atoms with van der Waals surface area (Å²) in [6.07, 6.45) is 0.519. The minimum absolute atomic E-state index is 0.499. The van der Waals surface area contributed by atoms with Gasteiger partial charge in [0.25, 0.3) is 0 Å². The number of aryl methyl sites for hydroxylation is 1. The second kappa shape index (κ2) is 4.94. The Kier molecular flexibility index (Phi) is 3.25. The van der Waals surface area contributed by atoms with E-state index in [9.17, 15) is 10.4 Å². The molecule has 0 saturated carbocycles. The molecule has 0 heterocycles. The number of hydrogen-bond acceptors (Lipinski definition) is 2. The van der Waals surface area contributed by atoms with E-state index < -0.39 is 11.5 Å². The average molecular weight is 284 g/mol. The molecule has 2 aromatic rings. The van der Waals surface area contributed by atoms with Crippen molar-refractivity contribution < 1.29 is 5.11 Å². The van der Waals surface area contributed by atoms with Crippen molar-refractivity contribution >= 4 is 11.6 Å². The van der Waals surface area contributed by atoms with Crippen molar-refractivity contribution in [1.29, 1.82) is 5.26 Å². The fourth-order valence-electron chi connectivity index (χ4n) is 3.06. The molecule has 2 atom stereocenters. The summed E-state index contributed by atoms with van der Waals surface area (Å²) < 4.78 is 0. The van der Waals surface area contributed by atoms with Gasteiger partial charge >= 0.3 is 0 Å². The maximum Gasteiger partial charge on any atom is 0.113 e. The van der Waals surface area contributed by atoms with Gasteiger partial charge < -0.3 is 5.11 Å². The third-order valence-corrected chi connectivity index (χ3v) is 4.50. The molecule has 0 aliphatic heterocycles. The maximum atomic E-state index is 10.8. The lowest BCUT2D eigenvalue weighted by Gasteiger charge is -2.29. The van der Waals surface area contributed by atoms with Crippen LogP contribution in [0.3, 0.4) is 0 Å². The van der Waals surface area contributed by atoms with Crippen LogP contribution in [-0.2, 0) is 11.8 Å². The first kappa shape index (κ1) is 13.2. The predicted octanol–water partition coefficient (Wildman–Crippen LogP) is 3.78. The van der Waals surface area contributed by atoms with E-state index in [0.29, 0.717) is 17.0 Å². The fraction of sp³-hybridized carbons (Fsp3) is 0.235. The third kappa shape index (κ3) is 1.83. The number of aliphatic hydroxyl groups is 1. The van der Waals surface area contributed by atoms with Gasteiger partial charge in [-0.3, -0.25) is 0 Å². The van der Waals surface area contributed by atoms with Gasteiger partial charge in [0.1, 0.15) is 11.5 Å². The third-order valence-electron chi connectivity index (χ3n) is 4.15. The van der Waals surface area contributed by atoms with Crippen LogP contribution >= 0.6 is 11.6 Å². The Balaban J connectivity index is 2.13. The lowest BCUT2D eigenvalue weighted by molar-refractivity contribution is 0.111. The van der Waals surface area contributed by atoms with Gasteiger partial charge in [0, 0.05) is 10.6 Å². The van der Waals surface area contributed by atoms with Crippen LogP contribution in [0.25, 0.3) is 0 Å². The van der Waals surface area contributed by atoms with Crippen LogP contribution in [0.4, 0.5) is 0 Å². The zero-order chi connectivity index (χ0) is 14.2. The summed E-state index contributed by atoms with van der Waals surface area (Å²) in [5.74, 6) is 0. The molecule has 0 aromatic heterocycles. The molecule has 0 saturated heterocycles. The Bertz CT molecular complexity index is 691. The van der Waals surface area contributed by atoms with Gasteiger partial charge in [-0.2, -0.15) is 5.26 Å². The average Bonchev–Trinajstić information content (AvgIpc) is 2.87. The van der Waals surface area contributed by atoms with Crippen LogP contribution in [0.1, 0.15) is 29.2 Å². The number of aliphatic hydroxyl groups excluding tert-OH is 1. The SMILES string of the molecule is N#CC1(C(O)c2ccccc2Cl)CCc2ccccc21. The van der Waals surface area contributed by atoms with E-state index in [1.807, 2.05) is 36.4 Å². The highest BCUT2D eigenvalue weighted by Crippen LogP contribution is 2.48. The van der Waals surface area contributed by atoms with Crippen molar-refractivity contribution in [3.8, 4) is 6.07 Å². The Morgan fingerprint density at radius 3 is 2.60 bits per heavy atom. The van der Waals surface area contributed by atoms with Gasteiger partial charge in [0.15, 0.2) is 0 Å². The molecule has 1 aliphatic rings. The van der Waals surface area contributed by atoms with E-state index >= 15 is 0 Å². The van der Waals surface area contributed by atoms with Crippen LogP contribution in [-0.4, -0.2) is 5.11 Å². The van der Waals surface area contributed by atoms with Gasteiger partial charge in [-0.1, -0.05) is 54.1 Å². The minimum Gasteiger partial charge on any atom is -0.386 e. The zero-order valence-electron chi connectivity index (χ0n) is 10.9. The Morgan fingerprint density at radius 2 is 1.85 bits per heavy atom. The molecule has 100 valence electrons. The fourth-order valence-corrected chi connectivity index (χ4v) is 3.30. The molecule has 0 amide bonds. The molecule has 1 N–H and O–H groups in total. The summed E-state index contributed by atoms with van der Waals surface area (Å²) in [6, 6.07) is 17.4. The molecule has 1 aliphatic carbocycles. The second-order valence-corrected chi connectivity index (χ2v) is 5.57. The maximum absolute atomic E-state index is 10.8. The second-order valence-electron chi connectivity index (χ2n) is 5.16. The number of rotatable bonds is 2. The number of fused-ring (bicyclic) bond motifs is 1. The standard InChI is InChI=1S/C17H14ClNO/c18-15-8-4-2-6-13(15)16(20)17(11-19)10-9-12-5-1-3-7-14(12)17/h1-8,16,20H,9-10H2.